The number of hydrogen-bond donors (Lipinski definition) is 1. The van der Waals surface area contributed by atoms with Crippen LogP contribution in [0.5, 0.6) is 5.75 Å². The van der Waals surface area contributed by atoms with Crippen LogP contribution in [-0.2, 0) is 16.1 Å². The number of methoxy groups -OCH3 is 1. The highest BCUT2D eigenvalue weighted by Gasteiger charge is 2.35. The Labute approximate surface area is 216 Å². The van der Waals surface area contributed by atoms with Crippen molar-refractivity contribution in [2.45, 2.75) is 51.2 Å². The molecular formula is C29H31N5O3. The van der Waals surface area contributed by atoms with Crippen molar-refractivity contribution in [1.29, 1.82) is 0 Å². The summed E-state index contributed by atoms with van der Waals surface area (Å²) in [5, 5.41) is 11.6. The Bertz CT molecular complexity index is 1390. The van der Waals surface area contributed by atoms with Gasteiger partial charge in [-0.15, -0.1) is 5.10 Å². The lowest BCUT2D eigenvalue weighted by molar-refractivity contribution is -0.127. The number of carbonyl (C=O) groups is 2. The fraction of sp³-hybridized carbons (Fsp3) is 0.310. The van der Waals surface area contributed by atoms with Gasteiger partial charge < -0.3 is 10.1 Å². The Morgan fingerprint density at radius 1 is 1.05 bits per heavy atom. The van der Waals surface area contributed by atoms with Crippen LogP contribution in [0.15, 0.2) is 72.8 Å². The maximum absolute atomic E-state index is 14.1. The zero-order chi connectivity index (χ0) is 25.8. The number of benzene rings is 3. The zero-order valence-electron chi connectivity index (χ0n) is 21.1. The van der Waals surface area contributed by atoms with Crippen LogP contribution in [0.4, 0.5) is 5.69 Å². The molecule has 1 heterocycles. The number of aryl methyl sites for hydroxylation is 1. The molecule has 190 valence electrons. The second kappa shape index (κ2) is 10.8. The molecule has 1 aromatic heterocycles. The Morgan fingerprint density at radius 2 is 1.81 bits per heavy atom. The van der Waals surface area contributed by atoms with E-state index >= 15 is 0 Å². The number of ether oxygens (including phenoxy) is 1. The number of rotatable bonds is 8. The standard InChI is InChI=1S/C29H31N5O3/c1-20-14-16-23(17-15-20)34(27(35)19-33-26-13-6-5-12-25(26)31-32-33)28(21-8-7-11-24(18-21)37-2)29(36)30-22-9-3-4-10-22/h5-8,11-18,22,28H,3-4,9-10,19H2,1-2H3,(H,30,36)/t28-/m0/s1. The van der Waals surface area contributed by atoms with Gasteiger partial charge in [0.25, 0.3) is 0 Å². The summed E-state index contributed by atoms with van der Waals surface area (Å²) in [7, 11) is 1.59. The average Bonchev–Trinajstić information content (AvgIpc) is 3.58. The van der Waals surface area contributed by atoms with Crippen LogP contribution in [0.2, 0.25) is 0 Å². The third kappa shape index (κ3) is 5.33. The zero-order valence-corrected chi connectivity index (χ0v) is 21.1. The van der Waals surface area contributed by atoms with Gasteiger partial charge in [0.1, 0.15) is 23.9 Å². The first-order chi connectivity index (χ1) is 18.0. The molecule has 0 aliphatic heterocycles. The lowest BCUT2D eigenvalue weighted by Gasteiger charge is -2.32. The topological polar surface area (TPSA) is 89.4 Å². The highest BCUT2D eigenvalue weighted by atomic mass is 16.5. The molecule has 8 heteroatoms. The van der Waals surface area contributed by atoms with Gasteiger partial charge in [-0.25, -0.2) is 4.68 Å². The lowest BCUT2D eigenvalue weighted by Crippen LogP contribution is -2.47. The molecule has 1 atom stereocenters. The van der Waals surface area contributed by atoms with Crippen LogP contribution in [0.25, 0.3) is 11.0 Å². The van der Waals surface area contributed by atoms with Crippen LogP contribution >= 0.6 is 0 Å². The molecule has 3 aromatic carbocycles. The second-order valence-corrected chi connectivity index (χ2v) is 9.50. The highest BCUT2D eigenvalue weighted by molar-refractivity contribution is 6.01. The SMILES string of the molecule is COc1cccc([C@@H](C(=O)NC2CCCC2)N(C(=O)Cn2nnc3ccccc32)c2ccc(C)cc2)c1. The van der Waals surface area contributed by atoms with Crippen LogP contribution in [-0.4, -0.2) is 40.0 Å². The molecule has 0 radical (unpaired) electrons. The number of nitrogens with one attached hydrogen (secondary N) is 1. The summed E-state index contributed by atoms with van der Waals surface area (Å²) in [5.74, 6) is 0.140. The number of fused-ring (bicyclic) bond motifs is 1. The first-order valence-corrected chi connectivity index (χ1v) is 12.6. The van der Waals surface area contributed by atoms with Crippen molar-refractivity contribution in [2.24, 2.45) is 0 Å². The number of hydrogen-bond acceptors (Lipinski definition) is 5. The van der Waals surface area contributed by atoms with E-state index in [4.69, 9.17) is 4.74 Å². The summed E-state index contributed by atoms with van der Waals surface area (Å²) in [4.78, 5) is 29.6. The molecule has 0 bridgehead atoms. The van der Waals surface area contributed by atoms with E-state index in [1.54, 1.807) is 16.7 Å². The predicted octanol–water partition coefficient (Wildman–Crippen LogP) is 4.58. The minimum atomic E-state index is -0.888. The van der Waals surface area contributed by atoms with E-state index in [0.29, 0.717) is 22.5 Å². The summed E-state index contributed by atoms with van der Waals surface area (Å²) in [6, 6.07) is 21.7. The molecule has 1 saturated carbocycles. The summed E-state index contributed by atoms with van der Waals surface area (Å²) in [6.45, 7) is 1.93. The third-order valence-corrected chi connectivity index (χ3v) is 6.90. The van der Waals surface area contributed by atoms with E-state index in [-0.39, 0.29) is 24.4 Å². The van der Waals surface area contributed by atoms with E-state index in [2.05, 4.69) is 15.6 Å². The molecule has 0 unspecified atom stereocenters. The van der Waals surface area contributed by atoms with Crippen LogP contribution in [0.3, 0.4) is 0 Å². The summed E-state index contributed by atoms with van der Waals surface area (Å²) in [5.41, 5.74) is 3.84. The first kappa shape index (κ1) is 24.5. The average molecular weight is 498 g/mol. The van der Waals surface area contributed by atoms with Crippen molar-refractivity contribution >= 4 is 28.5 Å². The summed E-state index contributed by atoms with van der Waals surface area (Å²) in [6.07, 6.45) is 4.07. The van der Waals surface area contributed by atoms with Crippen molar-refractivity contribution in [1.82, 2.24) is 20.3 Å². The van der Waals surface area contributed by atoms with Crippen molar-refractivity contribution < 1.29 is 14.3 Å². The monoisotopic (exact) mass is 497 g/mol. The summed E-state index contributed by atoms with van der Waals surface area (Å²) < 4.78 is 7.04. The molecular weight excluding hydrogens is 466 g/mol. The molecule has 8 nitrogen and oxygen atoms in total. The molecule has 1 aliphatic carbocycles. The second-order valence-electron chi connectivity index (χ2n) is 9.50. The Morgan fingerprint density at radius 3 is 2.57 bits per heavy atom. The Hall–Kier alpha value is -4.20. The molecule has 0 saturated heterocycles. The smallest absolute Gasteiger partial charge is 0.249 e. The fourth-order valence-corrected chi connectivity index (χ4v) is 4.96. The van der Waals surface area contributed by atoms with Gasteiger partial charge in [-0.1, -0.05) is 60.0 Å². The van der Waals surface area contributed by atoms with Gasteiger partial charge in [0.2, 0.25) is 11.8 Å². The van der Waals surface area contributed by atoms with Crippen LogP contribution in [0, 0.1) is 6.92 Å². The highest BCUT2D eigenvalue weighted by Crippen LogP contribution is 2.31. The normalized spacial score (nSPS) is 14.4. The minimum Gasteiger partial charge on any atom is -0.497 e. The number of anilines is 1. The number of carbonyl (C=O) groups excluding carboxylic acids is 2. The molecule has 1 N–H and O–H groups in total. The maximum Gasteiger partial charge on any atom is 0.249 e. The third-order valence-electron chi connectivity index (χ3n) is 6.90. The number of aromatic nitrogens is 3. The number of para-hydroxylation sites is 1. The largest absolute Gasteiger partial charge is 0.497 e. The van der Waals surface area contributed by atoms with Crippen molar-refractivity contribution in [3.05, 3.63) is 83.9 Å². The van der Waals surface area contributed by atoms with Gasteiger partial charge >= 0.3 is 0 Å². The van der Waals surface area contributed by atoms with Gasteiger partial charge in [-0.3, -0.25) is 14.5 Å². The van der Waals surface area contributed by atoms with Crippen LogP contribution in [0.1, 0.15) is 42.9 Å². The maximum atomic E-state index is 14.1. The Kier molecular flexibility index (Phi) is 7.16. The van der Waals surface area contributed by atoms with Gasteiger partial charge in [-0.05, 0) is 61.7 Å². The van der Waals surface area contributed by atoms with Crippen LogP contribution < -0.4 is 15.0 Å². The van der Waals surface area contributed by atoms with Gasteiger partial charge in [0.15, 0.2) is 0 Å². The molecule has 4 aromatic rings. The minimum absolute atomic E-state index is 0.0639. The Balaban J connectivity index is 1.58. The molecule has 2 amide bonds. The predicted molar refractivity (Wildman–Crippen MR) is 142 cm³/mol. The quantitative estimate of drug-likeness (QED) is 0.385. The van der Waals surface area contributed by atoms with Gasteiger partial charge in [0.05, 0.1) is 12.6 Å². The molecule has 1 aliphatic rings. The van der Waals surface area contributed by atoms with Gasteiger partial charge in [-0.2, -0.15) is 0 Å². The van der Waals surface area contributed by atoms with Gasteiger partial charge in [0, 0.05) is 11.7 Å². The molecule has 0 spiro atoms. The summed E-state index contributed by atoms with van der Waals surface area (Å²) >= 11 is 0. The van der Waals surface area contributed by atoms with E-state index < -0.39 is 6.04 Å². The van der Waals surface area contributed by atoms with E-state index in [9.17, 15) is 9.59 Å². The fourth-order valence-electron chi connectivity index (χ4n) is 4.96. The van der Waals surface area contributed by atoms with E-state index in [0.717, 1.165) is 36.8 Å². The van der Waals surface area contributed by atoms with Crippen molar-refractivity contribution in [3.63, 3.8) is 0 Å². The first-order valence-electron chi connectivity index (χ1n) is 12.6. The molecule has 1 fully saturated rings. The van der Waals surface area contributed by atoms with Crippen molar-refractivity contribution in [3.8, 4) is 5.75 Å². The molecule has 37 heavy (non-hydrogen) atoms. The number of amides is 2. The lowest BCUT2D eigenvalue weighted by atomic mass is 10.0. The van der Waals surface area contributed by atoms with Crippen molar-refractivity contribution in [2.75, 3.05) is 12.0 Å². The van der Waals surface area contributed by atoms with E-state index in [1.807, 2.05) is 79.7 Å². The van der Waals surface area contributed by atoms with E-state index in [1.165, 1.54) is 0 Å². The number of nitrogens with zero attached hydrogens (tertiary/aromatic N) is 4. The molecule has 5 rings (SSSR count).